The second kappa shape index (κ2) is 8.08. The van der Waals surface area contributed by atoms with Crippen LogP contribution in [0, 0.1) is 12.7 Å². The van der Waals surface area contributed by atoms with Gasteiger partial charge in [0, 0.05) is 42.0 Å². The van der Waals surface area contributed by atoms with Gasteiger partial charge in [0.25, 0.3) is 0 Å². The van der Waals surface area contributed by atoms with Crippen molar-refractivity contribution in [2.75, 3.05) is 13.1 Å². The monoisotopic (exact) mass is 433 g/mol. The van der Waals surface area contributed by atoms with Gasteiger partial charge in [-0.05, 0) is 49.1 Å². The van der Waals surface area contributed by atoms with E-state index in [-0.39, 0.29) is 30.0 Å². The van der Waals surface area contributed by atoms with E-state index in [0.29, 0.717) is 19.5 Å². The molecule has 2 atom stereocenters. The Kier molecular flexibility index (Phi) is 5.24. The topological polar surface area (TPSA) is 65.2 Å². The minimum atomic E-state index is -0.439. The molecule has 0 aliphatic carbocycles. The largest absolute Gasteiger partial charge is 0.358 e. The minimum absolute atomic E-state index is 0.00885. The SMILES string of the molecule is Cc1[nH]c2ccc(F)cc2c1CC(=O)N1C[C@@H](c2ccccc2)[C@@]2(CCCCC(=O)N2)C1. The summed E-state index contributed by atoms with van der Waals surface area (Å²) >= 11 is 0. The van der Waals surface area contributed by atoms with E-state index in [0.717, 1.165) is 47.0 Å². The number of carbonyl (C=O) groups is 2. The number of hydrogen-bond acceptors (Lipinski definition) is 2. The first-order chi connectivity index (χ1) is 15.4. The van der Waals surface area contributed by atoms with Gasteiger partial charge in [0.2, 0.25) is 11.8 Å². The standard InChI is InChI=1S/C26H28FN3O2/c1-17-20(21-13-19(27)10-11-23(21)28-17)14-25(32)30-15-22(18-7-3-2-4-8-18)26(16-30)12-6-5-9-24(31)29-26/h2-4,7-8,10-11,13,22,28H,5-6,9,12,14-16H2,1H3,(H,29,31)/t22-,26+/m0/s1. The highest BCUT2D eigenvalue weighted by atomic mass is 19.1. The third-order valence-corrected chi connectivity index (χ3v) is 7.17. The average molecular weight is 434 g/mol. The summed E-state index contributed by atoms with van der Waals surface area (Å²) in [5.41, 5.74) is 3.27. The molecule has 2 saturated heterocycles. The van der Waals surface area contributed by atoms with Crippen LogP contribution >= 0.6 is 0 Å². The maximum atomic E-state index is 13.9. The maximum Gasteiger partial charge on any atom is 0.227 e. The molecule has 5 rings (SSSR count). The van der Waals surface area contributed by atoms with Crippen molar-refractivity contribution < 1.29 is 14.0 Å². The van der Waals surface area contributed by atoms with Crippen LogP contribution in [0.25, 0.3) is 10.9 Å². The van der Waals surface area contributed by atoms with Gasteiger partial charge < -0.3 is 15.2 Å². The molecule has 2 fully saturated rings. The third kappa shape index (κ3) is 3.68. The van der Waals surface area contributed by atoms with Crippen LogP contribution in [-0.4, -0.2) is 40.3 Å². The fourth-order valence-corrected chi connectivity index (χ4v) is 5.56. The summed E-state index contributed by atoms with van der Waals surface area (Å²) in [7, 11) is 0. The first kappa shape index (κ1) is 20.7. The number of aryl methyl sites for hydroxylation is 1. The van der Waals surface area contributed by atoms with Crippen molar-refractivity contribution >= 4 is 22.7 Å². The molecule has 1 spiro atoms. The normalized spacial score (nSPS) is 23.5. The quantitative estimate of drug-likeness (QED) is 0.650. The lowest BCUT2D eigenvalue weighted by Crippen LogP contribution is -2.52. The number of benzene rings is 2. The molecule has 32 heavy (non-hydrogen) atoms. The number of halogens is 1. The summed E-state index contributed by atoms with van der Waals surface area (Å²) in [5.74, 6) is -0.179. The Morgan fingerprint density at radius 1 is 1.19 bits per heavy atom. The van der Waals surface area contributed by atoms with E-state index < -0.39 is 5.54 Å². The molecule has 2 aliphatic rings. The summed E-state index contributed by atoms with van der Waals surface area (Å²) < 4.78 is 13.9. The number of hydrogen-bond donors (Lipinski definition) is 2. The van der Waals surface area contributed by atoms with Crippen molar-refractivity contribution in [3.05, 3.63) is 71.2 Å². The van der Waals surface area contributed by atoms with Crippen molar-refractivity contribution in [1.29, 1.82) is 0 Å². The summed E-state index contributed by atoms with van der Waals surface area (Å²) in [6.07, 6.45) is 3.45. The molecule has 166 valence electrons. The number of rotatable bonds is 3. The number of aromatic nitrogens is 1. The van der Waals surface area contributed by atoms with Gasteiger partial charge in [-0.15, -0.1) is 0 Å². The Bertz CT molecular complexity index is 1170. The van der Waals surface area contributed by atoms with E-state index in [1.54, 1.807) is 6.07 Å². The molecule has 2 aliphatic heterocycles. The van der Waals surface area contributed by atoms with E-state index in [4.69, 9.17) is 0 Å². The lowest BCUT2D eigenvalue weighted by molar-refractivity contribution is -0.130. The highest BCUT2D eigenvalue weighted by Gasteiger charge is 2.49. The highest BCUT2D eigenvalue weighted by Crippen LogP contribution is 2.41. The molecule has 5 nitrogen and oxygen atoms in total. The predicted octanol–water partition coefficient (Wildman–Crippen LogP) is 4.21. The van der Waals surface area contributed by atoms with Crippen molar-refractivity contribution in [1.82, 2.24) is 15.2 Å². The number of nitrogens with zero attached hydrogens (tertiary/aromatic N) is 1. The van der Waals surface area contributed by atoms with Gasteiger partial charge in [0.05, 0.1) is 12.0 Å². The molecular weight excluding hydrogens is 405 g/mol. The van der Waals surface area contributed by atoms with E-state index in [1.165, 1.54) is 12.1 Å². The minimum Gasteiger partial charge on any atom is -0.358 e. The fraction of sp³-hybridized carbons (Fsp3) is 0.385. The van der Waals surface area contributed by atoms with Gasteiger partial charge >= 0.3 is 0 Å². The number of likely N-dealkylation sites (tertiary alicyclic amines) is 1. The third-order valence-electron chi connectivity index (χ3n) is 7.17. The van der Waals surface area contributed by atoms with Crippen molar-refractivity contribution in [2.45, 2.75) is 50.5 Å². The highest BCUT2D eigenvalue weighted by molar-refractivity contribution is 5.90. The molecule has 3 aromatic rings. The Morgan fingerprint density at radius 2 is 2.00 bits per heavy atom. The molecule has 0 radical (unpaired) electrons. The Morgan fingerprint density at radius 3 is 2.81 bits per heavy atom. The van der Waals surface area contributed by atoms with E-state index in [1.807, 2.05) is 30.0 Å². The van der Waals surface area contributed by atoms with E-state index in [9.17, 15) is 14.0 Å². The van der Waals surface area contributed by atoms with Crippen molar-refractivity contribution in [2.24, 2.45) is 0 Å². The molecule has 6 heteroatoms. The van der Waals surface area contributed by atoms with Crippen LogP contribution in [0.1, 0.15) is 48.4 Å². The van der Waals surface area contributed by atoms with Crippen molar-refractivity contribution in [3.8, 4) is 0 Å². The zero-order valence-electron chi connectivity index (χ0n) is 18.3. The molecule has 1 aromatic heterocycles. The number of amides is 2. The number of fused-ring (bicyclic) bond motifs is 1. The summed E-state index contributed by atoms with van der Waals surface area (Å²) in [5, 5.41) is 4.06. The molecule has 2 aromatic carbocycles. The molecule has 0 saturated carbocycles. The lowest BCUT2D eigenvalue weighted by atomic mass is 9.79. The Hall–Kier alpha value is -3.15. The molecule has 2 amide bonds. The molecular formula is C26H28FN3O2. The molecule has 2 N–H and O–H groups in total. The fourth-order valence-electron chi connectivity index (χ4n) is 5.56. The van der Waals surface area contributed by atoms with Crippen LogP contribution in [0.5, 0.6) is 0 Å². The van der Waals surface area contributed by atoms with Gasteiger partial charge in [0.1, 0.15) is 5.82 Å². The second-order valence-corrected chi connectivity index (χ2v) is 9.24. The average Bonchev–Trinajstić information content (AvgIpc) is 3.22. The molecule has 0 unspecified atom stereocenters. The smallest absolute Gasteiger partial charge is 0.227 e. The van der Waals surface area contributed by atoms with Crippen molar-refractivity contribution in [3.63, 3.8) is 0 Å². The zero-order valence-corrected chi connectivity index (χ0v) is 18.3. The van der Waals surface area contributed by atoms with Crippen LogP contribution in [0.15, 0.2) is 48.5 Å². The summed E-state index contributed by atoms with van der Waals surface area (Å²) in [6.45, 7) is 3.00. The summed E-state index contributed by atoms with van der Waals surface area (Å²) in [4.78, 5) is 31.1. The number of carbonyl (C=O) groups excluding carboxylic acids is 2. The number of aromatic amines is 1. The second-order valence-electron chi connectivity index (χ2n) is 9.24. The Labute approximate surface area is 187 Å². The van der Waals surface area contributed by atoms with Gasteiger partial charge in [-0.3, -0.25) is 9.59 Å². The summed E-state index contributed by atoms with van der Waals surface area (Å²) in [6, 6.07) is 14.8. The van der Waals surface area contributed by atoms with E-state index in [2.05, 4.69) is 22.4 Å². The van der Waals surface area contributed by atoms with Gasteiger partial charge in [0.15, 0.2) is 0 Å². The van der Waals surface area contributed by atoms with Gasteiger partial charge in [-0.2, -0.15) is 0 Å². The number of H-pyrrole nitrogens is 1. The molecule has 3 heterocycles. The number of nitrogens with one attached hydrogen (secondary N) is 2. The predicted molar refractivity (Wildman–Crippen MR) is 122 cm³/mol. The van der Waals surface area contributed by atoms with E-state index >= 15 is 0 Å². The first-order valence-corrected chi connectivity index (χ1v) is 11.4. The first-order valence-electron chi connectivity index (χ1n) is 11.4. The van der Waals surface area contributed by atoms with Crippen LogP contribution < -0.4 is 5.32 Å². The Balaban J connectivity index is 1.45. The maximum absolute atomic E-state index is 13.9. The van der Waals surface area contributed by atoms with Crippen LogP contribution in [-0.2, 0) is 16.0 Å². The van der Waals surface area contributed by atoms with Crippen LogP contribution in [0.4, 0.5) is 4.39 Å². The van der Waals surface area contributed by atoms with Gasteiger partial charge in [-0.1, -0.05) is 36.8 Å². The zero-order chi connectivity index (χ0) is 22.3. The van der Waals surface area contributed by atoms with Gasteiger partial charge in [-0.25, -0.2) is 4.39 Å². The van der Waals surface area contributed by atoms with Crippen LogP contribution in [0.3, 0.4) is 0 Å². The van der Waals surface area contributed by atoms with Crippen LogP contribution in [0.2, 0.25) is 0 Å². The molecule has 0 bridgehead atoms. The lowest BCUT2D eigenvalue weighted by Gasteiger charge is -2.34.